The molecule has 2 rings (SSSR count). The van der Waals surface area contributed by atoms with Gasteiger partial charge in [0.2, 0.25) is 0 Å². The molecule has 1 aromatic carbocycles. The number of nitro benzene ring substituents is 1. The van der Waals surface area contributed by atoms with E-state index in [1.807, 2.05) is 28.7 Å². The fourth-order valence-corrected chi connectivity index (χ4v) is 2.78. The molecule has 1 aliphatic carbocycles. The highest BCUT2D eigenvalue weighted by molar-refractivity contribution is 14.1. The van der Waals surface area contributed by atoms with Crippen molar-refractivity contribution in [2.24, 2.45) is 5.41 Å². The van der Waals surface area contributed by atoms with Gasteiger partial charge in [0.25, 0.3) is 5.69 Å². The summed E-state index contributed by atoms with van der Waals surface area (Å²) < 4.78 is 5.79. The van der Waals surface area contributed by atoms with Gasteiger partial charge in [-0.25, -0.2) is 0 Å². The van der Waals surface area contributed by atoms with Crippen LogP contribution in [0.2, 0.25) is 0 Å². The van der Waals surface area contributed by atoms with Crippen LogP contribution in [0.15, 0.2) is 18.2 Å². The summed E-state index contributed by atoms with van der Waals surface area (Å²) >= 11 is 2.00. The number of nitrogens with zero attached hydrogens (tertiary/aromatic N) is 1. The Morgan fingerprint density at radius 1 is 1.53 bits per heavy atom. The van der Waals surface area contributed by atoms with Gasteiger partial charge in [-0.3, -0.25) is 10.1 Å². The van der Waals surface area contributed by atoms with Crippen molar-refractivity contribution in [3.05, 3.63) is 31.9 Å². The summed E-state index contributed by atoms with van der Waals surface area (Å²) in [5, 5.41) is 14.1. The minimum Gasteiger partial charge on any atom is -0.385 e. The van der Waals surface area contributed by atoms with Gasteiger partial charge in [0.15, 0.2) is 0 Å². The maximum absolute atomic E-state index is 10.7. The lowest BCUT2D eigenvalue weighted by atomic mass is 10.0. The Bertz CT molecular complexity index is 475. The Hall–Kier alpha value is -0.890. The predicted molar refractivity (Wildman–Crippen MR) is 82.5 cm³/mol. The summed E-state index contributed by atoms with van der Waals surface area (Å²) in [6.07, 6.45) is 3.53. The van der Waals surface area contributed by atoms with Crippen LogP contribution >= 0.6 is 22.6 Å². The van der Waals surface area contributed by atoms with E-state index in [0.717, 1.165) is 25.3 Å². The lowest BCUT2D eigenvalue weighted by Gasteiger charge is -2.16. The summed E-state index contributed by atoms with van der Waals surface area (Å²) in [6.45, 7) is 1.70. The van der Waals surface area contributed by atoms with Crippen LogP contribution in [0.1, 0.15) is 19.3 Å². The quantitative estimate of drug-likeness (QED) is 0.450. The zero-order valence-corrected chi connectivity index (χ0v) is 13.0. The van der Waals surface area contributed by atoms with Crippen molar-refractivity contribution in [2.45, 2.75) is 19.3 Å². The second-order valence-electron chi connectivity index (χ2n) is 5.02. The minimum absolute atomic E-state index is 0.159. The highest BCUT2D eigenvalue weighted by Crippen LogP contribution is 2.48. The van der Waals surface area contributed by atoms with Gasteiger partial charge in [-0.2, -0.15) is 0 Å². The molecule has 0 unspecified atom stereocenters. The monoisotopic (exact) mass is 376 g/mol. The molecule has 19 heavy (non-hydrogen) atoms. The highest BCUT2D eigenvalue weighted by Gasteiger charge is 2.41. The first-order chi connectivity index (χ1) is 9.06. The molecule has 6 heteroatoms. The average Bonchev–Trinajstić information content (AvgIpc) is 3.14. The number of methoxy groups -OCH3 is 1. The normalized spacial score (nSPS) is 16.1. The molecule has 0 atom stereocenters. The summed E-state index contributed by atoms with van der Waals surface area (Å²) in [6, 6.07) is 5.15. The highest BCUT2D eigenvalue weighted by atomic mass is 127. The van der Waals surface area contributed by atoms with Crippen LogP contribution in [0.4, 0.5) is 11.4 Å². The van der Waals surface area contributed by atoms with Crippen LogP contribution in [0.5, 0.6) is 0 Å². The molecular weight excluding hydrogens is 359 g/mol. The number of nitro groups is 1. The first-order valence-electron chi connectivity index (χ1n) is 6.23. The Kier molecular flexibility index (Phi) is 4.62. The molecule has 1 fully saturated rings. The maximum atomic E-state index is 10.7. The van der Waals surface area contributed by atoms with Crippen LogP contribution in [-0.4, -0.2) is 25.2 Å². The molecule has 1 aromatic rings. The van der Waals surface area contributed by atoms with Crippen LogP contribution in [0.3, 0.4) is 0 Å². The van der Waals surface area contributed by atoms with Crippen LogP contribution < -0.4 is 5.32 Å². The standard InChI is InChI=1S/C13H17IN2O3/c1-19-7-6-13(4-5-13)9-15-10-2-3-12(16(17)18)11(14)8-10/h2-3,8,15H,4-7,9H2,1H3. The molecule has 0 aliphatic heterocycles. The van der Waals surface area contributed by atoms with Gasteiger partial charge < -0.3 is 10.1 Å². The van der Waals surface area contributed by atoms with Gasteiger partial charge in [0, 0.05) is 32.0 Å². The van der Waals surface area contributed by atoms with Crippen molar-refractivity contribution in [3.63, 3.8) is 0 Å². The molecule has 1 saturated carbocycles. The molecule has 104 valence electrons. The van der Waals surface area contributed by atoms with Gasteiger partial charge in [-0.1, -0.05) is 0 Å². The van der Waals surface area contributed by atoms with E-state index < -0.39 is 0 Å². The second-order valence-corrected chi connectivity index (χ2v) is 6.18. The maximum Gasteiger partial charge on any atom is 0.282 e. The molecule has 0 saturated heterocycles. The van der Waals surface area contributed by atoms with E-state index in [-0.39, 0.29) is 10.6 Å². The van der Waals surface area contributed by atoms with Crippen molar-refractivity contribution in [1.82, 2.24) is 0 Å². The molecule has 5 nitrogen and oxygen atoms in total. The number of hydrogen-bond donors (Lipinski definition) is 1. The van der Waals surface area contributed by atoms with Gasteiger partial charge in [-0.15, -0.1) is 0 Å². The zero-order valence-electron chi connectivity index (χ0n) is 10.8. The third-order valence-electron chi connectivity index (χ3n) is 3.61. The van der Waals surface area contributed by atoms with Crippen molar-refractivity contribution in [3.8, 4) is 0 Å². The SMILES string of the molecule is COCCC1(CNc2ccc([N+](=O)[O-])c(I)c2)CC1. The third-order valence-corrected chi connectivity index (χ3v) is 4.47. The van der Waals surface area contributed by atoms with Crippen molar-refractivity contribution < 1.29 is 9.66 Å². The summed E-state index contributed by atoms with van der Waals surface area (Å²) in [5.41, 5.74) is 1.47. The molecule has 0 radical (unpaired) electrons. The van der Waals surface area contributed by atoms with E-state index in [1.165, 1.54) is 12.8 Å². The van der Waals surface area contributed by atoms with Crippen LogP contribution in [0.25, 0.3) is 0 Å². The summed E-state index contributed by atoms with van der Waals surface area (Å²) in [7, 11) is 1.72. The summed E-state index contributed by atoms with van der Waals surface area (Å²) in [5.74, 6) is 0. The number of ether oxygens (including phenoxy) is 1. The number of halogens is 1. The topological polar surface area (TPSA) is 64.4 Å². The molecule has 0 spiro atoms. The van der Waals surface area contributed by atoms with Crippen molar-refractivity contribution in [2.75, 3.05) is 25.6 Å². The van der Waals surface area contributed by atoms with E-state index in [2.05, 4.69) is 5.32 Å². The number of nitrogens with one attached hydrogen (secondary N) is 1. The molecule has 1 aliphatic rings. The molecule has 0 amide bonds. The number of anilines is 1. The number of hydrogen-bond acceptors (Lipinski definition) is 4. The largest absolute Gasteiger partial charge is 0.385 e. The Morgan fingerprint density at radius 3 is 2.79 bits per heavy atom. The van der Waals surface area contributed by atoms with E-state index in [9.17, 15) is 10.1 Å². The average molecular weight is 376 g/mol. The van der Waals surface area contributed by atoms with Gasteiger partial charge in [0.1, 0.15) is 0 Å². The van der Waals surface area contributed by atoms with Gasteiger partial charge in [0.05, 0.1) is 8.49 Å². The fraction of sp³-hybridized carbons (Fsp3) is 0.538. The van der Waals surface area contributed by atoms with E-state index in [0.29, 0.717) is 8.99 Å². The molecule has 1 N–H and O–H groups in total. The Labute approximate surface area is 126 Å². The Morgan fingerprint density at radius 2 is 2.26 bits per heavy atom. The van der Waals surface area contributed by atoms with Crippen LogP contribution in [0, 0.1) is 19.1 Å². The fourth-order valence-electron chi connectivity index (χ4n) is 2.06. The minimum atomic E-state index is -0.355. The van der Waals surface area contributed by atoms with Gasteiger partial charge >= 0.3 is 0 Å². The van der Waals surface area contributed by atoms with Crippen molar-refractivity contribution in [1.29, 1.82) is 0 Å². The molecule has 0 aromatic heterocycles. The van der Waals surface area contributed by atoms with E-state index in [1.54, 1.807) is 19.2 Å². The van der Waals surface area contributed by atoms with E-state index in [4.69, 9.17) is 4.74 Å². The first kappa shape index (κ1) is 14.5. The Balaban J connectivity index is 1.93. The summed E-state index contributed by atoms with van der Waals surface area (Å²) in [4.78, 5) is 10.4. The first-order valence-corrected chi connectivity index (χ1v) is 7.31. The predicted octanol–water partition coefficient (Wildman–Crippen LogP) is 3.43. The van der Waals surface area contributed by atoms with Gasteiger partial charge in [-0.05, 0) is 59.4 Å². The van der Waals surface area contributed by atoms with E-state index >= 15 is 0 Å². The smallest absolute Gasteiger partial charge is 0.282 e. The third kappa shape index (κ3) is 3.79. The second kappa shape index (κ2) is 6.04. The zero-order chi connectivity index (χ0) is 13.9. The molecular formula is C13H17IN2O3. The van der Waals surface area contributed by atoms with Crippen LogP contribution in [-0.2, 0) is 4.74 Å². The van der Waals surface area contributed by atoms with Crippen molar-refractivity contribution >= 4 is 34.0 Å². The molecule has 0 bridgehead atoms. The lowest BCUT2D eigenvalue weighted by molar-refractivity contribution is -0.385. The lowest BCUT2D eigenvalue weighted by Crippen LogP contribution is -2.17. The number of rotatable bonds is 7. The number of benzene rings is 1. The molecule has 0 heterocycles.